The van der Waals surface area contributed by atoms with Crippen LogP contribution in [0.5, 0.6) is 11.5 Å². The number of aromatic hydroxyl groups is 1. The van der Waals surface area contributed by atoms with Crippen LogP contribution in [0.2, 0.25) is 0 Å². The van der Waals surface area contributed by atoms with E-state index in [1.807, 2.05) is 6.07 Å². The monoisotopic (exact) mass is 264 g/mol. The Bertz CT molecular complexity index is 410. The zero-order chi connectivity index (χ0) is 13.5. The van der Waals surface area contributed by atoms with E-state index < -0.39 is 0 Å². The van der Waals surface area contributed by atoms with Crippen molar-refractivity contribution in [3.05, 3.63) is 36.4 Å². The number of hydrogen-bond donors (Lipinski definition) is 1. The molecule has 1 aliphatic heterocycles. The maximum absolute atomic E-state index is 9.55. The van der Waals surface area contributed by atoms with Crippen LogP contribution in [0.25, 0.3) is 0 Å². The van der Waals surface area contributed by atoms with Gasteiger partial charge < -0.3 is 19.3 Å². The first-order chi connectivity index (χ1) is 9.25. The summed E-state index contributed by atoms with van der Waals surface area (Å²) >= 11 is 0. The molecule has 0 aliphatic carbocycles. The maximum Gasteiger partial charge on any atom is 0.161 e. The van der Waals surface area contributed by atoms with Crippen LogP contribution < -0.4 is 4.74 Å². The molecular weight excluding hydrogens is 244 g/mol. The normalized spacial score (nSPS) is 19.1. The van der Waals surface area contributed by atoms with E-state index in [2.05, 4.69) is 6.58 Å². The molecule has 4 nitrogen and oxygen atoms in total. The van der Waals surface area contributed by atoms with Gasteiger partial charge in [-0.3, -0.25) is 0 Å². The molecule has 0 saturated carbocycles. The summed E-state index contributed by atoms with van der Waals surface area (Å²) in [4.78, 5) is 0. The summed E-state index contributed by atoms with van der Waals surface area (Å²) in [7, 11) is 0. The summed E-state index contributed by atoms with van der Waals surface area (Å²) < 4.78 is 16.5. The van der Waals surface area contributed by atoms with Crippen LogP contribution >= 0.6 is 0 Å². The zero-order valence-electron chi connectivity index (χ0n) is 11.0. The van der Waals surface area contributed by atoms with Crippen LogP contribution in [0.1, 0.15) is 19.3 Å². The van der Waals surface area contributed by atoms with E-state index in [0.29, 0.717) is 19.0 Å². The first kappa shape index (κ1) is 13.9. The molecular formula is C15H20O4. The first-order valence-electron chi connectivity index (χ1n) is 6.56. The minimum atomic E-state index is -0.115. The van der Waals surface area contributed by atoms with Crippen LogP contribution in [0.15, 0.2) is 36.4 Å². The fourth-order valence-electron chi connectivity index (χ4n) is 1.85. The molecule has 1 heterocycles. The molecule has 0 amide bonds. The lowest BCUT2D eigenvalue weighted by Gasteiger charge is -2.23. The van der Waals surface area contributed by atoms with Crippen molar-refractivity contribution < 1.29 is 19.3 Å². The topological polar surface area (TPSA) is 47.9 Å². The van der Waals surface area contributed by atoms with Crippen molar-refractivity contribution >= 4 is 0 Å². The summed E-state index contributed by atoms with van der Waals surface area (Å²) in [6.07, 6.45) is 3.08. The van der Waals surface area contributed by atoms with Gasteiger partial charge in [-0.1, -0.05) is 18.7 Å². The Labute approximate surface area is 113 Å². The van der Waals surface area contributed by atoms with Gasteiger partial charge in [0.1, 0.15) is 6.61 Å². The van der Waals surface area contributed by atoms with Gasteiger partial charge in [0.2, 0.25) is 0 Å². The third kappa shape index (κ3) is 4.58. The van der Waals surface area contributed by atoms with Crippen molar-refractivity contribution in [1.29, 1.82) is 0 Å². The lowest BCUT2D eigenvalue weighted by Crippen LogP contribution is -2.23. The molecule has 1 aromatic carbocycles. The van der Waals surface area contributed by atoms with E-state index >= 15 is 0 Å². The van der Waals surface area contributed by atoms with Gasteiger partial charge in [0.15, 0.2) is 17.8 Å². The Kier molecular flexibility index (Phi) is 5.24. The van der Waals surface area contributed by atoms with Crippen LogP contribution in [-0.2, 0) is 9.47 Å². The molecule has 1 unspecified atom stereocenters. The molecule has 1 aromatic rings. The summed E-state index contributed by atoms with van der Waals surface area (Å²) in [6, 6.07) is 6.86. The number of rotatable bonds is 6. The van der Waals surface area contributed by atoms with E-state index in [1.54, 1.807) is 18.2 Å². The Balaban J connectivity index is 1.68. The molecule has 19 heavy (non-hydrogen) atoms. The molecule has 2 rings (SSSR count). The largest absolute Gasteiger partial charge is 0.504 e. The number of phenolic OH excluding ortho intramolecular Hbond substituents is 1. The van der Waals surface area contributed by atoms with Gasteiger partial charge in [-0.05, 0) is 37.0 Å². The van der Waals surface area contributed by atoms with Crippen LogP contribution in [-0.4, -0.2) is 31.2 Å². The molecule has 1 fully saturated rings. The molecule has 1 N–H and O–H groups in total. The van der Waals surface area contributed by atoms with Crippen molar-refractivity contribution in [1.82, 2.24) is 0 Å². The summed E-state index contributed by atoms with van der Waals surface area (Å²) in [5.74, 6) is 0.587. The van der Waals surface area contributed by atoms with E-state index in [1.165, 1.54) is 0 Å². The van der Waals surface area contributed by atoms with Crippen molar-refractivity contribution in [2.75, 3.05) is 19.8 Å². The van der Waals surface area contributed by atoms with Crippen LogP contribution in [0, 0.1) is 0 Å². The SMILES string of the molecule is C=C(COc1ccccc1O)COC1CCCCO1. The minimum Gasteiger partial charge on any atom is -0.504 e. The molecule has 0 aromatic heterocycles. The predicted molar refractivity (Wildman–Crippen MR) is 72.3 cm³/mol. The highest BCUT2D eigenvalue weighted by atomic mass is 16.7. The first-order valence-corrected chi connectivity index (χ1v) is 6.56. The van der Waals surface area contributed by atoms with Crippen molar-refractivity contribution in [2.24, 2.45) is 0 Å². The van der Waals surface area contributed by atoms with E-state index in [-0.39, 0.29) is 12.0 Å². The molecule has 1 saturated heterocycles. The predicted octanol–water partition coefficient (Wildman–Crippen LogP) is 2.87. The molecule has 104 valence electrons. The smallest absolute Gasteiger partial charge is 0.161 e. The third-order valence-electron chi connectivity index (χ3n) is 2.91. The van der Waals surface area contributed by atoms with E-state index in [0.717, 1.165) is 31.4 Å². The summed E-state index contributed by atoms with van der Waals surface area (Å²) in [5.41, 5.74) is 0.817. The van der Waals surface area contributed by atoms with E-state index in [4.69, 9.17) is 14.2 Å². The number of hydrogen-bond acceptors (Lipinski definition) is 4. The maximum atomic E-state index is 9.55. The van der Waals surface area contributed by atoms with Gasteiger partial charge in [0, 0.05) is 6.61 Å². The molecule has 0 spiro atoms. The number of benzene rings is 1. The average molecular weight is 264 g/mol. The van der Waals surface area contributed by atoms with Gasteiger partial charge in [-0.25, -0.2) is 0 Å². The van der Waals surface area contributed by atoms with Crippen molar-refractivity contribution in [2.45, 2.75) is 25.6 Å². The average Bonchev–Trinajstić information content (AvgIpc) is 2.45. The molecule has 0 bridgehead atoms. The van der Waals surface area contributed by atoms with Gasteiger partial charge in [-0.15, -0.1) is 0 Å². The summed E-state index contributed by atoms with van der Waals surface area (Å²) in [6.45, 7) is 5.40. The fraction of sp³-hybridized carbons (Fsp3) is 0.467. The Hall–Kier alpha value is -1.52. The van der Waals surface area contributed by atoms with E-state index in [9.17, 15) is 5.11 Å². The highest BCUT2D eigenvalue weighted by molar-refractivity contribution is 5.38. The second-order valence-electron chi connectivity index (χ2n) is 4.61. The fourth-order valence-corrected chi connectivity index (χ4v) is 1.85. The number of ether oxygens (including phenoxy) is 3. The number of para-hydroxylation sites is 2. The zero-order valence-corrected chi connectivity index (χ0v) is 11.0. The second kappa shape index (κ2) is 7.16. The highest BCUT2D eigenvalue weighted by Gasteiger charge is 2.14. The highest BCUT2D eigenvalue weighted by Crippen LogP contribution is 2.24. The lowest BCUT2D eigenvalue weighted by atomic mass is 10.2. The van der Waals surface area contributed by atoms with Crippen LogP contribution in [0.3, 0.4) is 0 Å². The molecule has 4 heteroatoms. The van der Waals surface area contributed by atoms with Crippen molar-refractivity contribution in [3.8, 4) is 11.5 Å². The standard InChI is InChI=1S/C15H20O4/c1-12(11-19-15-8-4-5-9-17-15)10-18-14-7-3-2-6-13(14)16/h2-3,6-7,15-16H,1,4-5,8-11H2. The van der Waals surface area contributed by atoms with Gasteiger partial charge >= 0.3 is 0 Å². The summed E-state index contributed by atoms with van der Waals surface area (Å²) in [5, 5.41) is 9.55. The van der Waals surface area contributed by atoms with Crippen LogP contribution in [0.4, 0.5) is 0 Å². The van der Waals surface area contributed by atoms with Gasteiger partial charge in [0.05, 0.1) is 6.61 Å². The molecule has 0 radical (unpaired) electrons. The number of phenols is 1. The third-order valence-corrected chi connectivity index (χ3v) is 2.91. The minimum absolute atomic E-state index is 0.115. The second-order valence-corrected chi connectivity index (χ2v) is 4.61. The lowest BCUT2D eigenvalue weighted by molar-refractivity contribution is -0.157. The quantitative estimate of drug-likeness (QED) is 0.803. The Morgan fingerprint density at radius 2 is 2.16 bits per heavy atom. The molecule has 1 atom stereocenters. The Morgan fingerprint density at radius 1 is 1.32 bits per heavy atom. The van der Waals surface area contributed by atoms with Gasteiger partial charge in [0.25, 0.3) is 0 Å². The van der Waals surface area contributed by atoms with Gasteiger partial charge in [-0.2, -0.15) is 0 Å². The molecule has 1 aliphatic rings. The van der Waals surface area contributed by atoms with Crippen molar-refractivity contribution in [3.63, 3.8) is 0 Å². The Morgan fingerprint density at radius 3 is 2.89 bits per heavy atom.